The highest BCUT2D eigenvalue weighted by atomic mass is 32.2. The Kier molecular flexibility index (Phi) is 7.94. The third kappa shape index (κ3) is 6.29. The van der Waals surface area contributed by atoms with Crippen molar-refractivity contribution in [3.8, 4) is 0 Å². The van der Waals surface area contributed by atoms with Crippen molar-refractivity contribution >= 4 is 31.7 Å². The number of sulfone groups is 1. The van der Waals surface area contributed by atoms with Crippen molar-refractivity contribution in [3.05, 3.63) is 30.3 Å². The first-order valence-electron chi connectivity index (χ1n) is 10.8. The summed E-state index contributed by atoms with van der Waals surface area (Å²) in [6.07, 6.45) is 4.98. The number of amides is 1. The van der Waals surface area contributed by atoms with E-state index in [1.165, 1.54) is 19.1 Å². The Morgan fingerprint density at radius 3 is 2.34 bits per heavy atom. The summed E-state index contributed by atoms with van der Waals surface area (Å²) in [7, 11) is -7.10. The molecular weight excluding hydrogens is 456 g/mol. The monoisotopic (exact) mass is 486 g/mol. The molecule has 1 heterocycles. The van der Waals surface area contributed by atoms with E-state index >= 15 is 0 Å². The van der Waals surface area contributed by atoms with E-state index in [9.17, 15) is 26.4 Å². The molecule has 178 valence electrons. The molecule has 1 aromatic carbocycles. The maximum absolute atomic E-state index is 13.0. The van der Waals surface area contributed by atoms with Crippen LogP contribution in [0.2, 0.25) is 0 Å². The lowest BCUT2D eigenvalue weighted by atomic mass is 9.93. The van der Waals surface area contributed by atoms with Crippen LogP contribution >= 0.6 is 0 Å². The van der Waals surface area contributed by atoms with Crippen molar-refractivity contribution in [3.63, 3.8) is 0 Å². The first kappa shape index (κ1) is 24.7. The molecule has 1 amide bonds. The van der Waals surface area contributed by atoms with E-state index in [2.05, 4.69) is 4.72 Å². The molecule has 2 atom stereocenters. The zero-order chi connectivity index (χ0) is 23.4. The topological polar surface area (TPSA) is 127 Å². The number of ether oxygens (including phenoxy) is 1. The minimum atomic E-state index is -3.92. The zero-order valence-electron chi connectivity index (χ0n) is 18.1. The molecule has 11 heteroatoms. The molecule has 2 unspecified atom stereocenters. The predicted molar refractivity (Wildman–Crippen MR) is 118 cm³/mol. The third-order valence-corrected chi connectivity index (χ3v) is 9.24. The molecule has 0 spiro atoms. The van der Waals surface area contributed by atoms with Crippen LogP contribution in [0.3, 0.4) is 0 Å². The van der Waals surface area contributed by atoms with E-state index in [1.807, 2.05) is 0 Å². The van der Waals surface area contributed by atoms with Crippen LogP contribution in [0.4, 0.5) is 0 Å². The van der Waals surface area contributed by atoms with Gasteiger partial charge < -0.3 is 9.64 Å². The van der Waals surface area contributed by atoms with E-state index < -0.39 is 50.4 Å². The Balaban J connectivity index is 1.61. The van der Waals surface area contributed by atoms with Gasteiger partial charge in [0.2, 0.25) is 10.0 Å². The molecule has 0 bridgehead atoms. The van der Waals surface area contributed by atoms with Gasteiger partial charge in [-0.3, -0.25) is 9.59 Å². The smallest absolute Gasteiger partial charge is 0.324 e. The first-order valence-corrected chi connectivity index (χ1v) is 14.1. The van der Waals surface area contributed by atoms with Gasteiger partial charge >= 0.3 is 5.97 Å². The number of carbonyl (C=O) groups excluding carboxylic acids is 2. The number of rotatable bonds is 8. The fourth-order valence-electron chi connectivity index (χ4n) is 4.34. The van der Waals surface area contributed by atoms with Gasteiger partial charge in [0.05, 0.1) is 16.4 Å². The highest BCUT2D eigenvalue weighted by Crippen LogP contribution is 2.28. The number of carbonyl (C=O) groups is 2. The minimum absolute atomic E-state index is 0.0154. The Morgan fingerprint density at radius 1 is 1.09 bits per heavy atom. The summed E-state index contributed by atoms with van der Waals surface area (Å²) in [4.78, 5) is 27.0. The average molecular weight is 487 g/mol. The number of esters is 1. The van der Waals surface area contributed by atoms with E-state index in [4.69, 9.17) is 4.74 Å². The van der Waals surface area contributed by atoms with Crippen LogP contribution < -0.4 is 4.72 Å². The van der Waals surface area contributed by atoms with Gasteiger partial charge in [0.25, 0.3) is 5.91 Å². The van der Waals surface area contributed by atoms with Crippen molar-refractivity contribution < 1.29 is 31.2 Å². The Morgan fingerprint density at radius 2 is 1.75 bits per heavy atom. The summed E-state index contributed by atoms with van der Waals surface area (Å²) in [6, 6.07) is 5.95. The van der Waals surface area contributed by atoms with Crippen LogP contribution in [-0.4, -0.2) is 69.9 Å². The van der Waals surface area contributed by atoms with Crippen molar-refractivity contribution in [1.29, 1.82) is 0 Å². The number of hydrogen-bond acceptors (Lipinski definition) is 7. The molecule has 1 aliphatic heterocycles. The summed E-state index contributed by atoms with van der Waals surface area (Å²) in [6.45, 7) is 0.791. The molecule has 1 N–H and O–H groups in total. The van der Waals surface area contributed by atoms with E-state index in [-0.39, 0.29) is 22.4 Å². The molecule has 2 aliphatic rings. The van der Waals surface area contributed by atoms with Gasteiger partial charge in [-0.2, -0.15) is 4.72 Å². The summed E-state index contributed by atoms with van der Waals surface area (Å²) >= 11 is 0. The van der Waals surface area contributed by atoms with Crippen LogP contribution in [0.25, 0.3) is 0 Å². The van der Waals surface area contributed by atoms with Crippen molar-refractivity contribution in [2.24, 2.45) is 0 Å². The highest BCUT2D eigenvalue weighted by molar-refractivity contribution is 7.91. The maximum Gasteiger partial charge on any atom is 0.324 e. The van der Waals surface area contributed by atoms with Gasteiger partial charge in [0, 0.05) is 12.1 Å². The molecule has 1 saturated carbocycles. The van der Waals surface area contributed by atoms with Gasteiger partial charge in [-0.05, 0) is 38.3 Å². The zero-order valence-corrected chi connectivity index (χ0v) is 19.7. The molecule has 1 saturated heterocycles. The van der Waals surface area contributed by atoms with Crippen molar-refractivity contribution in [1.82, 2.24) is 9.62 Å². The molecule has 0 radical (unpaired) electrons. The van der Waals surface area contributed by atoms with Gasteiger partial charge in [-0.15, -0.1) is 0 Å². The van der Waals surface area contributed by atoms with E-state index in [1.54, 1.807) is 23.1 Å². The molecule has 2 fully saturated rings. The summed E-state index contributed by atoms with van der Waals surface area (Å²) in [5, 5.41) is 0. The fraction of sp³-hybridized carbons (Fsp3) is 0.619. The number of nitrogens with one attached hydrogen (secondary N) is 1. The normalized spacial score (nSPS) is 22.2. The molecule has 0 aromatic heterocycles. The largest absolute Gasteiger partial charge is 0.454 e. The van der Waals surface area contributed by atoms with Crippen LogP contribution in [0, 0.1) is 0 Å². The Hall–Kier alpha value is -1.98. The second kappa shape index (κ2) is 10.3. The third-order valence-electron chi connectivity index (χ3n) is 5.93. The van der Waals surface area contributed by atoms with Gasteiger partial charge in [-0.25, -0.2) is 16.8 Å². The molecule has 9 nitrogen and oxygen atoms in total. The van der Waals surface area contributed by atoms with Crippen molar-refractivity contribution in [2.45, 2.75) is 68.5 Å². The number of nitrogens with zero attached hydrogens (tertiary/aromatic N) is 1. The SMILES string of the molecule is CC(NS(=O)(=O)c1ccccc1)C(=O)OCC(=O)N(C1CCCCC1)C1CCS(=O)(=O)C1. The summed E-state index contributed by atoms with van der Waals surface area (Å²) < 4.78 is 56.1. The second-order valence-electron chi connectivity index (χ2n) is 8.41. The van der Waals surface area contributed by atoms with Gasteiger partial charge in [-0.1, -0.05) is 37.5 Å². The standard InChI is InChI=1S/C21H30N2O7S2/c1-16(22-32(28,29)19-10-6-3-7-11-19)21(25)30-14-20(24)23(17-8-4-2-5-9-17)18-12-13-31(26,27)15-18/h3,6-7,10-11,16-18,22H,2,4-5,8-9,12-15H2,1H3. The van der Waals surface area contributed by atoms with Crippen LogP contribution in [0.1, 0.15) is 45.4 Å². The lowest BCUT2D eigenvalue weighted by molar-refractivity contribution is -0.155. The van der Waals surface area contributed by atoms with Gasteiger partial charge in [0.1, 0.15) is 6.04 Å². The fourth-order valence-corrected chi connectivity index (χ4v) is 7.26. The van der Waals surface area contributed by atoms with E-state index in [0.29, 0.717) is 6.42 Å². The quantitative estimate of drug-likeness (QED) is 0.548. The summed E-state index contributed by atoms with van der Waals surface area (Å²) in [5.74, 6) is -1.34. The number of sulfonamides is 1. The second-order valence-corrected chi connectivity index (χ2v) is 12.4. The Labute approximate surface area is 189 Å². The molecule has 1 aromatic rings. The number of hydrogen-bond donors (Lipinski definition) is 1. The Bertz CT molecular complexity index is 1020. The predicted octanol–water partition coefficient (Wildman–Crippen LogP) is 1.24. The molecule has 32 heavy (non-hydrogen) atoms. The lowest BCUT2D eigenvalue weighted by Crippen LogP contribution is -2.50. The number of benzene rings is 1. The van der Waals surface area contributed by atoms with Crippen LogP contribution in [-0.2, 0) is 34.2 Å². The van der Waals surface area contributed by atoms with E-state index in [0.717, 1.165) is 32.1 Å². The lowest BCUT2D eigenvalue weighted by Gasteiger charge is -2.38. The minimum Gasteiger partial charge on any atom is -0.454 e. The molecule has 1 aliphatic carbocycles. The maximum atomic E-state index is 13.0. The van der Waals surface area contributed by atoms with Crippen molar-refractivity contribution in [2.75, 3.05) is 18.1 Å². The average Bonchev–Trinajstić information content (AvgIpc) is 3.12. The first-order chi connectivity index (χ1) is 15.1. The van der Waals surface area contributed by atoms with Crippen LogP contribution in [0.5, 0.6) is 0 Å². The van der Waals surface area contributed by atoms with Gasteiger partial charge in [0.15, 0.2) is 16.4 Å². The molecular formula is C21H30N2O7S2. The van der Waals surface area contributed by atoms with Crippen LogP contribution in [0.15, 0.2) is 35.2 Å². The molecule has 3 rings (SSSR count). The summed E-state index contributed by atoms with van der Waals surface area (Å²) in [5.41, 5.74) is 0. The highest BCUT2D eigenvalue weighted by Gasteiger charge is 2.39.